The van der Waals surface area contributed by atoms with Gasteiger partial charge < -0.3 is 26.0 Å². The smallest absolute Gasteiger partial charge is 0.407 e. The molecule has 0 rings (SSSR count). The average molecular weight is 222 g/mol. The number of aliphatic hydroxyl groups excluding tert-OH is 2. The number of aliphatic hydroxyl groups is 2. The van der Waals surface area contributed by atoms with Gasteiger partial charge in [-0.05, 0) is 20.8 Å². The number of hydrogen-bond donors (Lipinski definition) is 4. The lowest BCUT2D eigenvalue weighted by Crippen LogP contribution is -2.33. The SMILES string of the molecule is CC(C)(C)OC(=O)NCCO.NCCO. The summed E-state index contributed by atoms with van der Waals surface area (Å²) in [6.07, 6.45) is -0.494. The Kier molecular flexibility index (Phi) is 10.7. The van der Waals surface area contributed by atoms with E-state index in [0.29, 0.717) is 6.54 Å². The summed E-state index contributed by atoms with van der Waals surface area (Å²) in [6, 6.07) is 0. The summed E-state index contributed by atoms with van der Waals surface area (Å²) in [6.45, 7) is 5.98. The van der Waals surface area contributed by atoms with E-state index < -0.39 is 11.7 Å². The summed E-state index contributed by atoms with van der Waals surface area (Å²) in [5.74, 6) is 0. The first-order valence-electron chi connectivity index (χ1n) is 4.76. The quantitative estimate of drug-likeness (QED) is 0.512. The van der Waals surface area contributed by atoms with Gasteiger partial charge in [0.15, 0.2) is 0 Å². The molecule has 0 unspecified atom stereocenters. The van der Waals surface area contributed by atoms with Crippen molar-refractivity contribution in [3.63, 3.8) is 0 Å². The van der Waals surface area contributed by atoms with E-state index in [1.165, 1.54) is 0 Å². The topological polar surface area (TPSA) is 105 Å². The van der Waals surface area contributed by atoms with Gasteiger partial charge in [-0.15, -0.1) is 0 Å². The van der Waals surface area contributed by atoms with E-state index in [2.05, 4.69) is 5.32 Å². The van der Waals surface area contributed by atoms with Gasteiger partial charge in [-0.1, -0.05) is 0 Å². The first-order chi connectivity index (χ1) is 6.87. The lowest BCUT2D eigenvalue weighted by molar-refractivity contribution is 0.0518. The molecule has 0 aliphatic heterocycles. The number of nitrogens with two attached hydrogens (primary N) is 1. The van der Waals surface area contributed by atoms with Crippen LogP contribution in [0.2, 0.25) is 0 Å². The number of hydrogen-bond acceptors (Lipinski definition) is 5. The van der Waals surface area contributed by atoms with Crippen molar-refractivity contribution in [2.75, 3.05) is 26.3 Å². The Balaban J connectivity index is 0. The van der Waals surface area contributed by atoms with Crippen LogP contribution in [0, 0.1) is 0 Å². The molecule has 1 amide bonds. The van der Waals surface area contributed by atoms with Crippen LogP contribution in [0.5, 0.6) is 0 Å². The molecular formula is C9H22N2O4. The zero-order chi connectivity index (χ0) is 12.3. The van der Waals surface area contributed by atoms with Crippen molar-refractivity contribution >= 4 is 6.09 Å². The van der Waals surface area contributed by atoms with Crippen molar-refractivity contribution in [2.45, 2.75) is 26.4 Å². The van der Waals surface area contributed by atoms with Crippen LogP contribution in [0.1, 0.15) is 20.8 Å². The van der Waals surface area contributed by atoms with E-state index in [4.69, 9.17) is 20.7 Å². The number of carbonyl (C=O) groups excluding carboxylic acids is 1. The molecule has 0 atom stereocenters. The molecule has 0 aliphatic rings. The molecule has 0 heterocycles. The van der Waals surface area contributed by atoms with Gasteiger partial charge in [0.05, 0.1) is 13.2 Å². The van der Waals surface area contributed by atoms with Crippen molar-refractivity contribution in [1.82, 2.24) is 5.32 Å². The Labute approximate surface area is 90.4 Å². The Morgan fingerprint density at radius 1 is 1.33 bits per heavy atom. The van der Waals surface area contributed by atoms with Crippen molar-refractivity contribution in [3.8, 4) is 0 Å². The molecule has 0 saturated carbocycles. The minimum Gasteiger partial charge on any atom is -0.444 e. The monoisotopic (exact) mass is 222 g/mol. The molecular weight excluding hydrogens is 200 g/mol. The van der Waals surface area contributed by atoms with Gasteiger partial charge in [-0.2, -0.15) is 0 Å². The number of nitrogens with one attached hydrogen (secondary N) is 1. The molecule has 0 fully saturated rings. The molecule has 92 valence electrons. The van der Waals surface area contributed by atoms with Crippen molar-refractivity contribution in [1.29, 1.82) is 0 Å². The second-order valence-corrected chi connectivity index (χ2v) is 3.66. The van der Waals surface area contributed by atoms with E-state index in [9.17, 15) is 4.79 Å². The van der Waals surface area contributed by atoms with Crippen LogP contribution in [0.25, 0.3) is 0 Å². The van der Waals surface area contributed by atoms with Gasteiger partial charge in [-0.3, -0.25) is 0 Å². The maximum atomic E-state index is 10.8. The van der Waals surface area contributed by atoms with E-state index in [1.807, 2.05) is 0 Å². The molecule has 0 aromatic carbocycles. The molecule has 0 saturated heterocycles. The predicted octanol–water partition coefficient (Wildman–Crippen LogP) is -0.559. The molecule has 0 aromatic rings. The highest BCUT2D eigenvalue weighted by Crippen LogP contribution is 2.05. The van der Waals surface area contributed by atoms with Crippen LogP contribution >= 0.6 is 0 Å². The summed E-state index contributed by atoms with van der Waals surface area (Å²) < 4.78 is 4.88. The van der Waals surface area contributed by atoms with Gasteiger partial charge >= 0.3 is 6.09 Å². The van der Waals surface area contributed by atoms with E-state index in [1.54, 1.807) is 20.8 Å². The fourth-order valence-corrected chi connectivity index (χ4v) is 0.472. The van der Waals surface area contributed by atoms with E-state index in [0.717, 1.165) is 0 Å². The fraction of sp³-hybridized carbons (Fsp3) is 0.889. The predicted molar refractivity (Wildman–Crippen MR) is 57.5 cm³/mol. The van der Waals surface area contributed by atoms with Gasteiger partial charge in [-0.25, -0.2) is 4.79 Å². The average Bonchev–Trinajstić information content (AvgIpc) is 2.12. The summed E-state index contributed by atoms with van der Waals surface area (Å²) in [7, 11) is 0. The van der Waals surface area contributed by atoms with Crippen LogP contribution < -0.4 is 11.1 Å². The normalized spacial score (nSPS) is 10.0. The van der Waals surface area contributed by atoms with Gasteiger partial charge in [0.2, 0.25) is 0 Å². The minimum atomic E-state index is -0.494. The van der Waals surface area contributed by atoms with Crippen LogP contribution in [0.15, 0.2) is 0 Å². The first kappa shape index (κ1) is 16.6. The highest BCUT2D eigenvalue weighted by molar-refractivity contribution is 5.67. The lowest BCUT2D eigenvalue weighted by Gasteiger charge is -2.19. The van der Waals surface area contributed by atoms with Crippen molar-refractivity contribution in [3.05, 3.63) is 0 Å². The summed E-state index contributed by atoms with van der Waals surface area (Å²) in [4.78, 5) is 10.8. The third-order valence-corrected chi connectivity index (χ3v) is 0.909. The van der Waals surface area contributed by atoms with Crippen molar-refractivity contribution < 1.29 is 19.7 Å². The van der Waals surface area contributed by atoms with E-state index >= 15 is 0 Å². The van der Waals surface area contributed by atoms with Crippen LogP contribution in [-0.4, -0.2) is 48.2 Å². The first-order valence-corrected chi connectivity index (χ1v) is 4.76. The van der Waals surface area contributed by atoms with Gasteiger partial charge in [0.1, 0.15) is 5.60 Å². The lowest BCUT2D eigenvalue weighted by atomic mass is 10.2. The Hall–Kier alpha value is -0.850. The molecule has 5 N–H and O–H groups in total. The standard InChI is InChI=1S/C7H15NO3.C2H7NO/c1-7(2,3)11-6(10)8-4-5-9;3-1-2-4/h9H,4-5H2,1-3H3,(H,8,10);4H,1-3H2. The van der Waals surface area contributed by atoms with Crippen LogP contribution in [0.3, 0.4) is 0 Å². The van der Waals surface area contributed by atoms with Crippen LogP contribution in [0.4, 0.5) is 4.79 Å². The highest BCUT2D eigenvalue weighted by atomic mass is 16.6. The third-order valence-electron chi connectivity index (χ3n) is 0.909. The third kappa shape index (κ3) is 19.5. The van der Waals surface area contributed by atoms with Crippen LogP contribution in [-0.2, 0) is 4.74 Å². The molecule has 0 spiro atoms. The minimum absolute atomic E-state index is 0.0702. The zero-order valence-electron chi connectivity index (χ0n) is 9.62. The Morgan fingerprint density at radius 3 is 2.07 bits per heavy atom. The largest absolute Gasteiger partial charge is 0.444 e. The number of rotatable bonds is 3. The Bertz CT molecular complexity index is 155. The molecule has 6 nitrogen and oxygen atoms in total. The molecule has 0 radical (unpaired) electrons. The maximum absolute atomic E-state index is 10.8. The Morgan fingerprint density at radius 2 is 1.80 bits per heavy atom. The molecule has 0 bridgehead atoms. The number of amides is 1. The van der Waals surface area contributed by atoms with Gasteiger partial charge in [0, 0.05) is 13.1 Å². The second kappa shape index (κ2) is 9.70. The molecule has 0 aliphatic carbocycles. The fourth-order valence-electron chi connectivity index (χ4n) is 0.472. The summed E-state index contributed by atoms with van der Waals surface area (Å²) in [5.41, 5.74) is 4.31. The molecule has 6 heteroatoms. The van der Waals surface area contributed by atoms with E-state index in [-0.39, 0.29) is 19.8 Å². The molecule has 0 aromatic heterocycles. The second-order valence-electron chi connectivity index (χ2n) is 3.66. The highest BCUT2D eigenvalue weighted by Gasteiger charge is 2.14. The summed E-state index contributed by atoms with van der Waals surface area (Å²) in [5, 5.41) is 18.5. The molecule has 15 heavy (non-hydrogen) atoms. The maximum Gasteiger partial charge on any atom is 0.407 e. The number of carbonyl (C=O) groups is 1. The van der Waals surface area contributed by atoms with Gasteiger partial charge in [0.25, 0.3) is 0 Å². The zero-order valence-corrected chi connectivity index (χ0v) is 9.62. The number of ether oxygens (including phenoxy) is 1. The summed E-state index contributed by atoms with van der Waals surface area (Å²) >= 11 is 0. The number of alkyl carbamates (subject to hydrolysis) is 1. The van der Waals surface area contributed by atoms with Crippen molar-refractivity contribution in [2.24, 2.45) is 5.73 Å².